The SMILES string of the molecule is C.C.C.C.CNCNC(=O)CC(=O)NC(O)(O)NC(=O)CC(=O)NCNC. The minimum Gasteiger partial charge on any atom is -0.343 e. The molecule has 0 spiro atoms. The van der Waals surface area contributed by atoms with E-state index < -0.39 is 42.5 Å². The largest absolute Gasteiger partial charge is 0.343 e. The first kappa shape index (κ1) is 35.8. The molecular formula is C15H38N6O6. The summed E-state index contributed by atoms with van der Waals surface area (Å²) in [6.07, 6.45) is -1.36. The Morgan fingerprint density at radius 2 is 0.963 bits per heavy atom. The highest BCUT2D eigenvalue weighted by Gasteiger charge is 2.29. The molecular weight excluding hydrogens is 360 g/mol. The van der Waals surface area contributed by atoms with Gasteiger partial charge in [0, 0.05) is 0 Å². The van der Waals surface area contributed by atoms with Crippen molar-refractivity contribution in [2.75, 3.05) is 27.4 Å². The average Bonchev–Trinajstić information content (AvgIpc) is 2.40. The Bertz CT molecular complexity index is 407. The monoisotopic (exact) mass is 398 g/mol. The molecule has 0 aliphatic rings. The van der Waals surface area contributed by atoms with E-state index in [0.29, 0.717) is 0 Å². The molecule has 0 aliphatic heterocycles. The van der Waals surface area contributed by atoms with Crippen molar-refractivity contribution in [1.82, 2.24) is 31.9 Å². The van der Waals surface area contributed by atoms with Crippen LogP contribution in [-0.4, -0.2) is 67.3 Å². The molecule has 164 valence electrons. The maximum absolute atomic E-state index is 11.4. The van der Waals surface area contributed by atoms with Crippen LogP contribution in [-0.2, 0) is 19.2 Å². The molecule has 0 aromatic carbocycles. The van der Waals surface area contributed by atoms with Crippen molar-refractivity contribution in [3.8, 4) is 0 Å². The highest BCUT2D eigenvalue weighted by atomic mass is 16.6. The fourth-order valence-corrected chi connectivity index (χ4v) is 1.30. The molecule has 0 saturated carbocycles. The maximum atomic E-state index is 11.4. The van der Waals surface area contributed by atoms with Gasteiger partial charge in [-0.2, -0.15) is 0 Å². The van der Waals surface area contributed by atoms with Gasteiger partial charge < -0.3 is 31.5 Å². The van der Waals surface area contributed by atoms with Crippen molar-refractivity contribution >= 4 is 23.6 Å². The number of rotatable bonds is 10. The van der Waals surface area contributed by atoms with E-state index >= 15 is 0 Å². The number of hydrogen-bond acceptors (Lipinski definition) is 8. The summed E-state index contributed by atoms with van der Waals surface area (Å²) >= 11 is 0. The summed E-state index contributed by atoms with van der Waals surface area (Å²) in [4.78, 5) is 45.3. The van der Waals surface area contributed by atoms with Gasteiger partial charge >= 0.3 is 6.03 Å². The zero-order valence-electron chi connectivity index (χ0n) is 12.9. The van der Waals surface area contributed by atoms with E-state index in [-0.39, 0.29) is 43.0 Å². The Hall–Kier alpha value is -2.28. The molecule has 0 atom stereocenters. The molecule has 0 aromatic heterocycles. The lowest BCUT2D eigenvalue weighted by Crippen LogP contribution is -2.61. The van der Waals surface area contributed by atoms with Crippen LogP contribution in [0.5, 0.6) is 0 Å². The molecule has 0 saturated heterocycles. The van der Waals surface area contributed by atoms with E-state index in [4.69, 9.17) is 0 Å². The molecule has 0 rings (SSSR count). The quantitative estimate of drug-likeness (QED) is 0.150. The van der Waals surface area contributed by atoms with Crippen LogP contribution in [0.15, 0.2) is 0 Å². The summed E-state index contributed by atoms with van der Waals surface area (Å²) in [6, 6.07) is -3.08. The maximum Gasteiger partial charge on any atom is 0.337 e. The van der Waals surface area contributed by atoms with Gasteiger partial charge in [-0.3, -0.25) is 29.8 Å². The van der Waals surface area contributed by atoms with Crippen LogP contribution >= 0.6 is 0 Å². The molecule has 8 N–H and O–H groups in total. The molecule has 4 amide bonds. The summed E-state index contributed by atoms with van der Waals surface area (Å²) in [5.74, 6) is -3.40. The number of amides is 4. The van der Waals surface area contributed by atoms with Crippen molar-refractivity contribution in [1.29, 1.82) is 0 Å². The zero-order chi connectivity index (χ0) is 17.9. The number of carbonyl (C=O) groups excluding carboxylic acids is 4. The molecule has 0 aliphatic carbocycles. The Labute approximate surface area is 161 Å². The van der Waals surface area contributed by atoms with Crippen LogP contribution in [0, 0.1) is 0 Å². The van der Waals surface area contributed by atoms with Crippen LogP contribution in [0.4, 0.5) is 0 Å². The summed E-state index contributed by atoms with van der Waals surface area (Å²) in [5.41, 5.74) is 0. The molecule has 12 heteroatoms. The van der Waals surface area contributed by atoms with Gasteiger partial charge in [-0.05, 0) is 14.1 Å². The van der Waals surface area contributed by atoms with Crippen molar-refractivity contribution in [2.24, 2.45) is 0 Å². The molecule has 0 aromatic rings. The first-order chi connectivity index (χ1) is 10.7. The summed E-state index contributed by atoms with van der Waals surface area (Å²) in [6.45, 7) is 0.266. The van der Waals surface area contributed by atoms with E-state index in [1.165, 1.54) is 0 Å². The number of aliphatic hydroxyl groups is 2. The second-order valence-corrected chi connectivity index (χ2v) is 4.38. The summed E-state index contributed by atoms with van der Waals surface area (Å²) in [7, 11) is 3.16. The van der Waals surface area contributed by atoms with Crippen molar-refractivity contribution < 1.29 is 29.4 Å². The van der Waals surface area contributed by atoms with Crippen molar-refractivity contribution in [3.63, 3.8) is 0 Å². The van der Waals surface area contributed by atoms with Crippen LogP contribution in [0.2, 0.25) is 0 Å². The molecule has 0 unspecified atom stereocenters. The van der Waals surface area contributed by atoms with Crippen LogP contribution in [0.3, 0.4) is 0 Å². The van der Waals surface area contributed by atoms with Gasteiger partial charge in [0.15, 0.2) is 0 Å². The molecule has 0 heterocycles. The van der Waals surface area contributed by atoms with Gasteiger partial charge in [-0.1, -0.05) is 29.7 Å². The molecule has 0 fully saturated rings. The van der Waals surface area contributed by atoms with Crippen LogP contribution in [0.1, 0.15) is 42.5 Å². The zero-order valence-corrected chi connectivity index (χ0v) is 12.9. The summed E-state index contributed by atoms with van der Waals surface area (Å²) in [5, 5.41) is 32.0. The molecule has 12 nitrogen and oxygen atoms in total. The third-order valence-electron chi connectivity index (χ3n) is 2.19. The van der Waals surface area contributed by atoms with Gasteiger partial charge in [0.25, 0.3) is 0 Å². The molecule has 0 bridgehead atoms. The predicted molar refractivity (Wildman–Crippen MR) is 104 cm³/mol. The van der Waals surface area contributed by atoms with E-state index in [1.807, 2.05) is 0 Å². The van der Waals surface area contributed by atoms with Gasteiger partial charge in [-0.15, -0.1) is 0 Å². The van der Waals surface area contributed by atoms with E-state index in [9.17, 15) is 29.4 Å². The normalized spacial score (nSPS) is 9.04. The minimum absolute atomic E-state index is 0. The molecule has 0 radical (unpaired) electrons. The first-order valence-electron chi connectivity index (χ1n) is 6.59. The third-order valence-corrected chi connectivity index (χ3v) is 2.19. The van der Waals surface area contributed by atoms with Crippen molar-refractivity contribution in [3.05, 3.63) is 0 Å². The number of hydrogen-bond donors (Lipinski definition) is 8. The lowest BCUT2D eigenvalue weighted by atomic mass is 10.3. The minimum atomic E-state index is -3.08. The summed E-state index contributed by atoms with van der Waals surface area (Å²) < 4.78 is 0. The fourth-order valence-electron chi connectivity index (χ4n) is 1.30. The Kier molecular flexibility index (Phi) is 24.5. The number of carbonyl (C=O) groups is 4. The van der Waals surface area contributed by atoms with E-state index in [0.717, 1.165) is 0 Å². The standard InChI is InChI=1S/C11H22N6O6.4CH4/c1-12-5-14-7(18)3-9(20)16-11(22,23)17-10(21)4-8(19)15-6-13-2;;;;/h12-13,22-23H,3-6H2,1-2H3,(H,14,18)(H,15,19)(H,16,20)(H,17,21);4*1H4. The second-order valence-electron chi connectivity index (χ2n) is 4.38. The highest BCUT2D eigenvalue weighted by Crippen LogP contribution is 1.93. The number of nitrogens with one attached hydrogen (secondary N) is 6. The Morgan fingerprint density at radius 1 is 0.667 bits per heavy atom. The van der Waals surface area contributed by atoms with Crippen molar-refractivity contribution in [2.45, 2.75) is 48.6 Å². The first-order valence-corrected chi connectivity index (χ1v) is 6.59. The topological polar surface area (TPSA) is 181 Å². The Morgan fingerprint density at radius 3 is 1.22 bits per heavy atom. The second kappa shape index (κ2) is 18.5. The molecule has 27 heavy (non-hydrogen) atoms. The van der Waals surface area contributed by atoms with Gasteiger partial charge in [0.2, 0.25) is 23.6 Å². The van der Waals surface area contributed by atoms with Crippen LogP contribution in [0.25, 0.3) is 0 Å². The highest BCUT2D eigenvalue weighted by molar-refractivity contribution is 5.98. The lowest BCUT2D eigenvalue weighted by Gasteiger charge is -2.23. The average molecular weight is 399 g/mol. The van der Waals surface area contributed by atoms with E-state index in [2.05, 4.69) is 21.3 Å². The van der Waals surface area contributed by atoms with Gasteiger partial charge in [0.1, 0.15) is 12.8 Å². The Balaban J connectivity index is -0.000000403. The van der Waals surface area contributed by atoms with E-state index in [1.54, 1.807) is 24.7 Å². The van der Waals surface area contributed by atoms with Crippen LogP contribution < -0.4 is 31.9 Å². The predicted octanol–water partition coefficient (Wildman–Crippen LogP) is -2.27. The lowest BCUT2D eigenvalue weighted by molar-refractivity contribution is -0.209. The van der Waals surface area contributed by atoms with Gasteiger partial charge in [0.05, 0.1) is 13.3 Å². The van der Waals surface area contributed by atoms with Gasteiger partial charge in [-0.25, -0.2) is 0 Å². The fraction of sp³-hybridized carbons (Fsp3) is 0.733. The smallest absolute Gasteiger partial charge is 0.337 e. The third kappa shape index (κ3) is 19.9.